The molecule has 0 saturated carbocycles. The molecule has 0 amide bonds. The van der Waals surface area contributed by atoms with E-state index in [2.05, 4.69) is 29.0 Å². The van der Waals surface area contributed by atoms with Gasteiger partial charge in [0.2, 0.25) is 0 Å². The van der Waals surface area contributed by atoms with E-state index in [4.69, 9.17) is 23.2 Å². The standard InChI is InChI=1S/C19H15Cl2NO2S2/c1-13-2-7-16(8-3-13)25-17-9-5-15(6-10-17)22-26(23,24)19-12-14(20)4-11-18(19)21/h2-12,22H,1H3. The lowest BCUT2D eigenvalue weighted by Crippen LogP contribution is -2.13. The SMILES string of the molecule is Cc1ccc(Sc2ccc(NS(=O)(=O)c3cc(Cl)ccc3Cl)cc2)cc1. The number of nitrogens with one attached hydrogen (secondary N) is 1. The van der Waals surface area contributed by atoms with E-state index in [9.17, 15) is 8.42 Å². The fraction of sp³-hybridized carbons (Fsp3) is 0.0526. The molecule has 0 aliphatic carbocycles. The van der Waals surface area contributed by atoms with Crippen LogP contribution in [0, 0.1) is 6.92 Å². The summed E-state index contributed by atoms with van der Waals surface area (Å²) in [5.41, 5.74) is 1.66. The second-order valence-corrected chi connectivity index (χ2v) is 9.26. The number of hydrogen-bond donors (Lipinski definition) is 1. The topological polar surface area (TPSA) is 46.2 Å². The van der Waals surface area contributed by atoms with E-state index >= 15 is 0 Å². The summed E-state index contributed by atoms with van der Waals surface area (Å²) < 4.78 is 27.6. The lowest BCUT2D eigenvalue weighted by molar-refractivity contribution is 0.601. The maximum absolute atomic E-state index is 12.5. The van der Waals surface area contributed by atoms with E-state index in [0.29, 0.717) is 10.7 Å². The predicted molar refractivity (Wildman–Crippen MR) is 109 cm³/mol. The Morgan fingerprint density at radius 1 is 0.846 bits per heavy atom. The Labute approximate surface area is 167 Å². The minimum atomic E-state index is -3.82. The molecule has 0 unspecified atom stereocenters. The van der Waals surface area contributed by atoms with Crippen LogP contribution in [0.2, 0.25) is 10.0 Å². The predicted octanol–water partition coefficient (Wildman–Crippen LogP) is 6.25. The van der Waals surface area contributed by atoms with Crippen molar-refractivity contribution in [2.24, 2.45) is 0 Å². The molecule has 3 aromatic rings. The maximum atomic E-state index is 12.5. The van der Waals surface area contributed by atoms with E-state index < -0.39 is 10.0 Å². The normalized spacial score (nSPS) is 11.3. The minimum absolute atomic E-state index is 0.0511. The highest BCUT2D eigenvalue weighted by Crippen LogP contribution is 2.30. The van der Waals surface area contributed by atoms with Crippen LogP contribution in [0.3, 0.4) is 0 Å². The van der Waals surface area contributed by atoms with Gasteiger partial charge in [0, 0.05) is 20.5 Å². The van der Waals surface area contributed by atoms with Crippen LogP contribution in [0.1, 0.15) is 5.56 Å². The highest BCUT2D eigenvalue weighted by atomic mass is 35.5. The van der Waals surface area contributed by atoms with Crippen LogP contribution in [0.25, 0.3) is 0 Å². The number of anilines is 1. The third kappa shape index (κ3) is 4.74. The fourth-order valence-electron chi connectivity index (χ4n) is 2.23. The molecule has 0 heterocycles. The van der Waals surface area contributed by atoms with Gasteiger partial charge in [0.05, 0.1) is 5.02 Å². The fourth-order valence-corrected chi connectivity index (χ4v) is 4.87. The van der Waals surface area contributed by atoms with Crippen LogP contribution in [0.15, 0.2) is 81.4 Å². The van der Waals surface area contributed by atoms with Crippen LogP contribution in [-0.2, 0) is 10.0 Å². The quantitative estimate of drug-likeness (QED) is 0.526. The van der Waals surface area contributed by atoms with E-state index in [1.165, 1.54) is 17.7 Å². The van der Waals surface area contributed by atoms with Gasteiger partial charge in [-0.3, -0.25) is 4.72 Å². The van der Waals surface area contributed by atoms with E-state index in [1.54, 1.807) is 30.0 Å². The molecule has 3 rings (SSSR count). The number of aryl methyl sites for hydroxylation is 1. The third-order valence-corrected chi connectivity index (χ3v) is 6.66. The molecule has 134 valence electrons. The van der Waals surface area contributed by atoms with Gasteiger partial charge in [-0.15, -0.1) is 0 Å². The molecule has 3 nitrogen and oxygen atoms in total. The van der Waals surface area contributed by atoms with Crippen molar-refractivity contribution in [3.05, 3.63) is 82.3 Å². The van der Waals surface area contributed by atoms with E-state index in [0.717, 1.165) is 9.79 Å². The van der Waals surface area contributed by atoms with Gasteiger partial charge < -0.3 is 0 Å². The third-order valence-electron chi connectivity index (χ3n) is 3.55. The summed E-state index contributed by atoms with van der Waals surface area (Å²) in [5, 5.41) is 0.424. The first kappa shape index (κ1) is 19.1. The summed E-state index contributed by atoms with van der Waals surface area (Å²) in [6, 6.07) is 19.7. The summed E-state index contributed by atoms with van der Waals surface area (Å²) in [6.45, 7) is 2.04. The van der Waals surface area contributed by atoms with Crippen LogP contribution >= 0.6 is 35.0 Å². The molecule has 0 aromatic heterocycles. The van der Waals surface area contributed by atoms with Crippen molar-refractivity contribution in [1.29, 1.82) is 0 Å². The highest BCUT2D eigenvalue weighted by molar-refractivity contribution is 7.99. The minimum Gasteiger partial charge on any atom is -0.280 e. The monoisotopic (exact) mass is 423 g/mol. The number of hydrogen-bond acceptors (Lipinski definition) is 3. The van der Waals surface area contributed by atoms with Crippen LogP contribution < -0.4 is 4.72 Å². The van der Waals surface area contributed by atoms with Crippen LogP contribution in [0.4, 0.5) is 5.69 Å². The van der Waals surface area contributed by atoms with Crippen molar-refractivity contribution in [1.82, 2.24) is 0 Å². The lowest BCUT2D eigenvalue weighted by Gasteiger charge is -2.10. The second kappa shape index (κ2) is 7.92. The number of benzene rings is 3. The maximum Gasteiger partial charge on any atom is 0.263 e. The first-order valence-corrected chi connectivity index (χ1v) is 10.7. The zero-order chi connectivity index (χ0) is 18.7. The Balaban J connectivity index is 1.76. The van der Waals surface area contributed by atoms with E-state index in [-0.39, 0.29) is 9.92 Å². The highest BCUT2D eigenvalue weighted by Gasteiger charge is 2.18. The lowest BCUT2D eigenvalue weighted by atomic mass is 10.2. The van der Waals surface area contributed by atoms with Crippen molar-refractivity contribution < 1.29 is 8.42 Å². The Hall–Kier alpha value is -1.66. The summed E-state index contributed by atoms with van der Waals surface area (Å²) in [4.78, 5) is 2.08. The Morgan fingerprint density at radius 2 is 1.42 bits per heavy atom. The molecule has 1 N–H and O–H groups in total. The molecule has 26 heavy (non-hydrogen) atoms. The van der Waals surface area contributed by atoms with Gasteiger partial charge in [0.1, 0.15) is 4.90 Å². The largest absolute Gasteiger partial charge is 0.280 e. The summed E-state index contributed by atoms with van der Waals surface area (Å²) >= 11 is 13.5. The molecule has 0 atom stereocenters. The van der Waals surface area contributed by atoms with Gasteiger partial charge >= 0.3 is 0 Å². The second-order valence-electron chi connectivity index (χ2n) is 5.62. The van der Waals surface area contributed by atoms with Crippen molar-refractivity contribution in [3.63, 3.8) is 0 Å². The number of rotatable bonds is 5. The Bertz CT molecular complexity index is 1020. The summed E-state index contributed by atoms with van der Waals surface area (Å²) in [6.07, 6.45) is 0. The number of sulfonamides is 1. The molecule has 0 radical (unpaired) electrons. The van der Waals surface area contributed by atoms with E-state index in [1.807, 2.05) is 19.1 Å². The zero-order valence-electron chi connectivity index (χ0n) is 13.7. The van der Waals surface area contributed by atoms with Gasteiger partial charge in [-0.25, -0.2) is 8.42 Å². The molecular weight excluding hydrogens is 409 g/mol. The molecule has 0 aliphatic heterocycles. The summed E-state index contributed by atoms with van der Waals surface area (Å²) in [5.74, 6) is 0. The van der Waals surface area contributed by atoms with Crippen LogP contribution in [-0.4, -0.2) is 8.42 Å². The van der Waals surface area contributed by atoms with Gasteiger partial charge in [-0.2, -0.15) is 0 Å². The van der Waals surface area contributed by atoms with Crippen LogP contribution in [0.5, 0.6) is 0 Å². The Kier molecular flexibility index (Phi) is 5.82. The molecule has 0 aliphatic rings. The average Bonchev–Trinajstić information content (AvgIpc) is 2.60. The molecule has 0 fully saturated rings. The van der Waals surface area contributed by atoms with Gasteiger partial charge in [0.15, 0.2) is 0 Å². The van der Waals surface area contributed by atoms with Crippen molar-refractivity contribution in [3.8, 4) is 0 Å². The van der Waals surface area contributed by atoms with Crippen molar-refractivity contribution >= 4 is 50.7 Å². The van der Waals surface area contributed by atoms with Crippen molar-refractivity contribution in [2.45, 2.75) is 21.6 Å². The first-order valence-electron chi connectivity index (χ1n) is 7.66. The van der Waals surface area contributed by atoms with Gasteiger partial charge in [0.25, 0.3) is 10.0 Å². The number of halogens is 2. The van der Waals surface area contributed by atoms with Gasteiger partial charge in [-0.1, -0.05) is 52.7 Å². The first-order chi connectivity index (χ1) is 12.3. The summed E-state index contributed by atoms with van der Waals surface area (Å²) in [7, 11) is -3.82. The molecule has 7 heteroatoms. The molecule has 3 aromatic carbocycles. The van der Waals surface area contributed by atoms with Gasteiger partial charge in [-0.05, 0) is 61.5 Å². The van der Waals surface area contributed by atoms with Crippen molar-refractivity contribution in [2.75, 3.05) is 4.72 Å². The zero-order valence-corrected chi connectivity index (χ0v) is 16.9. The Morgan fingerprint density at radius 3 is 2.04 bits per heavy atom. The molecule has 0 spiro atoms. The average molecular weight is 424 g/mol. The molecule has 0 saturated heterocycles. The molecule has 0 bridgehead atoms. The molecular formula is C19H15Cl2NO2S2. The smallest absolute Gasteiger partial charge is 0.263 e.